The molecule has 0 bridgehead atoms. The first-order valence-electron chi connectivity index (χ1n) is 6.81. The quantitative estimate of drug-likeness (QED) is 0.897. The van der Waals surface area contributed by atoms with Crippen molar-refractivity contribution in [2.45, 2.75) is 24.6 Å². The highest BCUT2D eigenvalue weighted by Crippen LogP contribution is 2.20. The van der Waals surface area contributed by atoms with E-state index in [-0.39, 0.29) is 11.9 Å². The van der Waals surface area contributed by atoms with Gasteiger partial charge >= 0.3 is 0 Å². The topological polar surface area (TPSA) is 28.2 Å². The molecule has 2 atom stereocenters. The van der Waals surface area contributed by atoms with Crippen molar-refractivity contribution < 1.29 is 4.39 Å². The first-order chi connectivity index (χ1) is 9.19. The van der Waals surface area contributed by atoms with Crippen LogP contribution in [0.2, 0.25) is 0 Å². The summed E-state index contributed by atoms with van der Waals surface area (Å²) in [5, 5.41) is 4.00. The van der Waals surface area contributed by atoms with Gasteiger partial charge < -0.3 is 10.2 Å². The van der Waals surface area contributed by atoms with Gasteiger partial charge in [0.2, 0.25) is 0 Å². The molecule has 0 spiro atoms. The van der Waals surface area contributed by atoms with Crippen LogP contribution in [-0.2, 0) is 0 Å². The Morgan fingerprint density at radius 1 is 1.58 bits per heavy atom. The van der Waals surface area contributed by atoms with Gasteiger partial charge in [0.05, 0.1) is 17.9 Å². The van der Waals surface area contributed by atoms with Crippen LogP contribution in [0.15, 0.2) is 18.3 Å². The zero-order valence-electron chi connectivity index (χ0n) is 11.6. The van der Waals surface area contributed by atoms with Crippen LogP contribution in [0.5, 0.6) is 0 Å². The van der Waals surface area contributed by atoms with Crippen molar-refractivity contribution in [2.75, 3.05) is 32.4 Å². The molecule has 0 radical (unpaired) electrons. The molecule has 2 heterocycles. The molecule has 1 aliphatic heterocycles. The average molecular weight is 283 g/mol. The number of hydrogen-bond donors (Lipinski definition) is 1. The van der Waals surface area contributed by atoms with Crippen molar-refractivity contribution in [2.24, 2.45) is 0 Å². The summed E-state index contributed by atoms with van der Waals surface area (Å²) in [6.45, 7) is 5.68. The molecule has 1 N–H and O–H groups in total. The summed E-state index contributed by atoms with van der Waals surface area (Å²) in [7, 11) is 1.93. The average Bonchev–Trinajstić information content (AvgIpc) is 2.41. The van der Waals surface area contributed by atoms with Crippen molar-refractivity contribution in [1.82, 2.24) is 15.2 Å². The second-order valence-corrected chi connectivity index (χ2v) is 6.56. The number of aromatic nitrogens is 1. The third-order valence-corrected chi connectivity index (χ3v) is 4.65. The molecule has 0 amide bonds. The van der Waals surface area contributed by atoms with Gasteiger partial charge in [-0.1, -0.05) is 6.92 Å². The SMILES string of the molecule is CNC(CCN1CCSC(C)C1)c1ccc(F)cn1. The molecule has 1 saturated heterocycles. The Morgan fingerprint density at radius 2 is 2.42 bits per heavy atom. The summed E-state index contributed by atoms with van der Waals surface area (Å²) < 4.78 is 12.9. The van der Waals surface area contributed by atoms with Gasteiger partial charge in [0.1, 0.15) is 5.82 Å². The summed E-state index contributed by atoms with van der Waals surface area (Å²) in [5.74, 6) is 0.945. The molecule has 19 heavy (non-hydrogen) atoms. The third kappa shape index (κ3) is 4.44. The third-order valence-electron chi connectivity index (χ3n) is 3.51. The van der Waals surface area contributed by atoms with Gasteiger partial charge in [0.15, 0.2) is 0 Å². The van der Waals surface area contributed by atoms with Crippen LogP contribution < -0.4 is 5.32 Å². The molecular weight excluding hydrogens is 261 g/mol. The van der Waals surface area contributed by atoms with Crippen molar-refractivity contribution >= 4 is 11.8 Å². The van der Waals surface area contributed by atoms with Gasteiger partial charge in [0, 0.05) is 30.6 Å². The minimum atomic E-state index is -0.277. The fourth-order valence-corrected chi connectivity index (χ4v) is 3.52. The second kappa shape index (κ2) is 7.22. The van der Waals surface area contributed by atoms with Crippen LogP contribution in [0.1, 0.15) is 25.1 Å². The summed E-state index contributed by atoms with van der Waals surface area (Å²) in [5.41, 5.74) is 0.920. The molecule has 3 nitrogen and oxygen atoms in total. The smallest absolute Gasteiger partial charge is 0.141 e. The zero-order valence-corrected chi connectivity index (χ0v) is 12.4. The summed E-state index contributed by atoms with van der Waals surface area (Å²) in [6.07, 6.45) is 2.30. The standard InChI is InChI=1S/C14H22FN3S/c1-11-10-18(7-8-19-11)6-5-13(16-2)14-4-3-12(15)9-17-14/h3-4,9,11,13,16H,5-8,10H2,1-2H3. The number of hydrogen-bond acceptors (Lipinski definition) is 4. The molecular formula is C14H22FN3S. The van der Waals surface area contributed by atoms with E-state index in [0.29, 0.717) is 0 Å². The Kier molecular flexibility index (Phi) is 5.60. The fourth-order valence-electron chi connectivity index (χ4n) is 2.44. The van der Waals surface area contributed by atoms with E-state index in [9.17, 15) is 4.39 Å². The summed E-state index contributed by atoms with van der Waals surface area (Å²) in [6, 6.07) is 3.45. The zero-order chi connectivity index (χ0) is 13.7. The minimum absolute atomic E-state index is 0.200. The van der Waals surface area contributed by atoms with E-state index in [1.54, 1.807) is 6.07 Å². The molecule has 0 aliphatic carbocycles. The number of thioether (sulfide) groups is 1. The first kappa shape index (κ1) is 14.8. The van der Waals surface area contributed by atoms with Crippen LogP contribution >= 0.6 is 11.8 Å². The van der Waals surface area contributed by atoms with Crippen molar-refractivity contribution in [3.05, 3.63) is 29.8 Å². The maximum atomic E-state index is 12.9. The van der Waals surface area contributed by atoms with E-state index in [0.717, 1.165) is 30.5 Å². The van der Waals surface area contributed by atoms with Crippen LogP contribution in [0.4, 0.5) is 4.39 Å². The summed E-state index contributed by atoms with van der Waals surface area (Å²) in [4.78, 5) is 6.68. The highest BCUT2D eigenvalue weighted by Gasteiger charge is 2.18. The molecule has 1 aliphatic rings. The largest absolute Gasteiger partial charge is 0.312 e. The molecule has 1 aromatic heterocycles. The highest BCUT2D eigenvalue weighted by atomic mass is 32.2. The number of pyridine rings is 1. The highest BCUT2D eigenvalue weighted by molar-refractivity contribution is 7.99. The fraction of sp³-hybridized carbons (Fsp3) is 0.643. The number of halogens is 1. The van der Waals surface area contributed by atoms with E-state index in [4.69, 9.17) is 0 Å². The molecule has 2 unspecified atom stereocenters. The van der Waals surface area contributed by atoms with Crippen LogP contribution in [0.3, 0.4) is 0 Å². The van der Waals surface area contributed by atoms with Crippen molar-refractivity contribution in [3.8, 4) is 0 Å². The number of nitrogens with zero attached hydrogens (tertiary/aromatic N) is 2. The van der Waals surface area contributed by atoms with E-state index in [1.807, 2.05) is 18.8 Å². The Labute approximate surface area is 119 Å². The predicted octanol–water partition coefficient (Wildman–Crippen LogP) is 2.31. The second-order valence-electron chi connectivity index (χ2n) is 5.01. The monoisotopic (exact) mass is 283 g/mol. The lowest BCUT2D eigenvalue weighted by Crippen LogP contribution is -2.38. The Balaban J connectivity index is 1.87. The van der Waals surface area contributed by atoms with Gasteiger partial charge in [-0.2, -0.15) is 11.8 Å². The summed E-state index contributed by atoms with van der Waals surface area (Å²) >= 11 is 2.05. The first-order valence-corrected chi connectivity index (χ1v) is 7.86. The van der Waals surface area contributed by atoms with Crippen LogP contribution in [-0.4, -0.2) is 47.6 Å². The molecule has 1 aromatic rings. The normalized spacial score (nSPS) is 22.4. The van der Waals surface area contributed by atoms with Gasteiger partial charge in [-0.05, 0) is 25.6 Å². The minimum Gasteiger partial charge on any atom is -0.312 e. The molecule has 0 saturated carbocycles. The van der Waals surface area contributed by atoms with Crippen LogP contribution in [0.25, 0.3) is 0 Å². The molecule has 106 valence electrons. The lowest BCUT2D eigenvalue weighted by atomic mass is 10.1. The Hall–Kier alpha value is -0.650. The molecule has 1 fully saturated rings. The molecule has 5 heteroatoms. The Bertz CT molecular complexity index is 385. The van der Waals surface area contributed by atoms with Gasteiger partial charge in [-0.25, -0.2) is 4.39 Å². The predicted molar refractivity (Wildman–Crippen MR) is 79.0 cm³/mol. The maximum absolute atomic E-state index is 12.9. The number of nitrogens with one attached hydrogen (secondary N) is 1. The van der Waals surface area contributed by atoms with E-state index in [2.05, 4.69) is 22.1 Å². The van der Waals surface area contributed by atoms with E-state index >= 15 is 0 Å². The van der Waals surface area contributed by atoms with Crippen LogP contribution in [0, 0.1) is 5.82 Å². The van der Waals surface area contributed by atoms with Crippen molar-refractivity contribution in [1.29, 1.82) is 0 Å². The lowest BCUT2D eigenvalue weighted by Gasteiger charge is -2.31. The van der Waals surface area contributed by atoms with Gasteiger partial charge in [-0.3, -0.25) is 4.98 Å². The van der Waals surface area contributed by atoms with E-state index < -0.39 is 0 Å². The maximum Gasteiger partial charge on any atom is 0.141 e. The Morgan fingerprint density at radius 3 is 3.05 bits per heavy atom. The number of rotatable bonds is 5. The molecule has 0 aromatic carbocycles. The lowest BCUT2D eigenvalue weighted by molar-refractivity contribution is 0.268. The van der Waals surface area contributed by atoms with Gasteiger partial charge in [-0.15, -0.1) is 0 Å². The van der Waals surface area contributed by atoms with Crippen molar-refractivity contribution in [3.63, 3.8) is 0 Å². The molecule has 2 rings (SSSR count). The van der Waals surface area contributed by atoms with E-state index in [1.165, 1.54) is 24.6 Å². The van der Waals surface area contributed by atoms with Gasteiger partial charge in [0.25, 0.3) is 0 Å².